The highest BCUT2D eigenvalue weighted by atomic mass is 32.1. The van der Waals surface area contributed by atoms with Gasteiger partial charge in [0, 0.05) is 11.1 Å². The van der Waals surface area contributed by atoms with Gasteiger partial charge in [0.1, 0.15) is 0 Å². The highest BCUT2D eigenvalue weighted by Gasteiger charge is 2.26. The molecular formula is C12H23NS. The molecule has 0 N–H and O–H groups in total. The number of aromatic nitrogens is 1. The summed E-state index contributed by atoms with van der Waals surface area (Å²) in [4.78, 5) is 1.42. The zero-order valence-corrected chi connectivity index (χ0v) is 10.2. The summed E-state index contributed by atoms with van der Waals surface area (Å²) in [5, 5.41) is 0. The zero-order valence-electron chi connectivity index (χ0n) is 9.43. The molecule has 1 nitrogen and oxygen atoms in total. The Bertz CT molecular complexity index is 258. The van der Waals surface area contributed by atoms with Crippen LogP contribution in [0.15, 0.2) is 6.20 Å². The topological polar surface area (TPSA) is 12.9 Å². The minimum absolute atomic E-state index is 0. The van der Waals surface area contributed by atoms with Crippen molar-refractivity contribution >= 4 is 11.5 Å². The summed E-state index contributed by atoms with van der Waals surface area (Å²) in [6.07, 6.45) is 2.02. The number of hydrogen-bond acceptors (Lipinski definition) is 2. The molecule has 82 valence electrons. The Morgan fingerprint density at radius 2 is 1.50 bits per heavy atom. The van der Waals surface area contributed by atoms with Crippen molar-refractivity contribution < 1.29 is 0 Å². The van der Waals surface area contributed by atoms with Gasteiger partial charge in [-0.05, 0) is 27.9 Å². The quantitative estimate of drug-likeness (QED) is 0.623. The van der Waals surface area contributed by atoms with Crippen LogP contribution in [-0.4, -0.2) is 4.37 Å². The van der Waals surface area contributed by atoms with Crippen LogP contribution in [-0.2, 0) is 10.8 Å². The van der Waals surface area contributed by atoms with E-state index in [1.807, 2.05) is 6.20 Å². The van der Waals surface area contributed by atoms with Crippen LogP contribution in [0.4, 0.5) is 0 Å². The maximum absolute atomic E-state index is 4.30. The van der Waals surface area contributed by atoms with Crippen LogP contribution >= 0.6 is 11.5 Å². The Hall–Kier alpha value is -0.370. The standard InChI is InChI=1S/C11H19NS.CH4/c1-10(2,3)8-7-12-13-9(8)11(4,5)6;/h7H,1-6H3;1H4. The Morgan fingerprint density at radius 3 is 1.79 bits per heavy atom. The second-order valence-corrected chi connectivity index (χ2v) is 6.37. The van der Waals surface area contributed by atoms with Crippen molar-refractivity contribution in [3.8, 4) is 0 Å². The summed E-state index contributed by atoms with van der Waals surface area (Å²) in [6.45, 7) is 13.5. The van der Waals surface area contributed by atoms with Crippen molar-refractivity contribution in [1.29, 1.82) is 0 Å². The lowest BCUT2D eigenvalue weighted by atomic mass is 9.81. The summed E-state index contributed by atoms with van der Waals surface area (Å²) in [6, 6.07) is 0. The molecule has 0 bridgehead atoms. The lowest BCUT2D eigenvalue weighted by Crippen LogP contribution is -2.19. The molecule has 0 aliphatic carbocycles. The lowest BCUT2D eigenvalue weighted by molar-refractivity contribution is 0.541. The molecular weight excluding hydrogens is 190 g/mol. The number of rotatable bonds is 0. The van der Waals surface area contributed by atoms with Crippen molar-refractivity contribution in [3.05, 3.63) is 16.6 Å². The summed E-state index contributed by atoms with van der Waals surface area (Å²) in [7, 11) is 0. The molecule has 0 spiro atoms. The molecule has 0 atom stereocenters. The second-order valence-electron chi connectivity index (χ2n) is 5.57. The zero-order chi connectivity index (χ0) is 10.3. The molecule has 0 radical (unpaired) electrons. The molecule has 1 aromatic heterocycles. The first-order valence-corrected chi connectivity index (χ1v) is 5.46. The van der Waals surface area contributed by atoms with E-state index in [0.29, 0.717) is 0 Å². The van der Waals surface area contributed by atoms with Gasteiger partial charge in [0.2, 0.25) is 0 Å². The van der Waals surface area contributed by atoms with E-state index in [1.54, 1.807) is 11.5 Å². The molecule has 0 saturated carbocycles. The van der Waals surface area contributed by atoms with Crippen molar-refractivity contribution in [2.45, 2.75) is 59.8 Å². The van der Waals surface area contributed by atoms with Gasteiger partial charge in [-0.3, -0.25) is 0 Å². The van der Waals surface area contributed by atoms with Crippen LogP contribution in [0.5, 0.6) is 0 Å². The second kappa shape index (κ2) is 4.01. The van der Waals surface area contributed by atoms with Crippen LogP contribution in [0.2, 0.25) is 0 Å². The van der Waals surface area contributed by atoms with Gasteiger partial charge in [-0.2, -0.15) is 0 Å². The maximum Gasteiger partial charge on any atom is 0.0447 e. The molecule has 0 aromatic carbocycles. The fourth-order valence-corrected chi connectivity index (χ4v) is 2.31. The first kappa shape index (κ1) is 13.6. The van der Waals surface area contributed by atoms with E-state index in [9.17, 15) is 0 Å². The third-order valence-electron chi connectivity index (χ3n) is 2.06. The summed E-state index contributed by atoms with van der Waals surface area (Å²) in [5.74, 6) is 0. The van der Waals surface area contributed by atoms with Gasteiger partial charge in [-0.25, -0.2) is 4.37 Å². The molecule has 2 heteroatoms. The molecule has 1 rings (SSSR count). The molecule has 0 amide bonds. The Labute approximate surface area is 92.7 Å². The normalized spacial score (nSPS) is 12.4. The van der Waals surface area contributed by atoms with Crippen LogP contribution < -0.4 is 0 Å². The van der Waals surface area contributed by atoms with Gasteiger partial charge >= 0.3 is 0 Å². The van der Waals surface area contributed by atoms with Crippen molar-refractivity contribution in [2.75, 3.05) is 0 Å². The van der Waals surface area contributed by atoms with Crippen molar-refractivity contribution in [1.82, 2.24) is 4.37 Å². The Kier molecular flexibility index (Phi) is 3.91. The summed E-state index contributed by atoms with van der Waals surface area (Å²) < 4.78 is 4.30. The van der Waals surface area contributed by atoms with E-state index in [-0.39, 0.29) is 18.3 Å². The van der Waals surface area contributed by atoms with Crippen molar-refractivity contribution in [3.63, 3.8) is 0 Å². The Morgan fingerprint density at radius 1 is 1.00 bits per heavy atom. The van der Waals surface area contributed by atoms with E-state index in [1.165, 1.54) is 10.4 Å². The van der Waals surface area contributed by atoms with E-state index in [2.05, 4.69) is 45.9 Å². The molecule has 0 saturated heterocycles. The molecule has 0 aliphatic heterocycles. The number of nitrogens with zero attached hydrogens (tertiary/aromatic N) is 1. The molecule has 1 aromatic rings. The van der Waals surface area contributed by atoms with Gasteiger partial charge < -0.3 is 0 Å². The third-order valence-corrected chi connectivity index (χ3v) is 3.29. The van der Waals surface area contributed by atoms with E-state index in [0.717, 1.165) is 0 Å². The van der Waals surface area contributed by atoms with E-state index < -0.39 is 0 Å². The predicted octanol–water partition coefficient (Wildman–Crippen LogP) is 4.37. The summed E-state index contributed by atoms with van der Waals surface area (Å²) >= 11 is 1.63. The summed E-state index contributed by atoms with van der Waals surface area (Å²) in [5.41, 5.74) is 1.84. The van der Waals surface area contributed by atoms with Crippen LogP contribution in [0.1, 0.15) is 59.4 Å². The average Bonchev–Trinajstić information content (AvgIpc) is 2.27. The Balaban J connectivity index is 0.00000169. The SMILES string of the molecule is C.CC(C)(C)c1cnsc1C(C)(C)C. The minimum atomic E-state index is 0. The molecule has 14 heavy (non-hydrogen) atoms. The first-order chi connectivity index (χ1) is 5.73. The average molecular weight is 213 g/mol. The smallest absolute Gasteiger partial charge is 0.0447 e. The largest absolute Gasteiger partial charge is 0.201 e. The van der Waals surface area contributed by atoms with Gasteiger partial charge in [0.25, 0.3) is 0 Å². The third kappa shape index (κ3) is 2.81. The first-order valence-electron chi connectivity index (χ1n) is 4.68. The van der Waals surface area contributed by atoms with Crippen molar-refractivity contribution in [2.24, 2.45) is 0 Å². The van der Waals surface area contributed by atoms with Gasteiger partial charge in [0.05, 0.1) is 0 Å². The minimum Gasteiger partial charge on any atom is -0.201 e. The highest BCUT2D eigenvalue weighted by Crippen LogP contribution is 2.35. The van der Waals surface area contributed by atoms with Crippen LogP contribution in [0.25, 0.3) is 0 Å². The van der Waals surface area contributed by atoms with Crippen LogP contribution in [0, 0.1) is 0 Å². The van der Waals surface area contributed by atoms with Crippen LogP contribution in [0.3, 0.4) is 0 Å². The molecule has 0 fully saturated rings. The fourth-order valence-electron chi connectivity index (χ4n) is 1.31. The maximum atomic E-state index is 4.30. The fraction of sp³-hybridized carbons (Fsp3) is 0.750. The highest BCUT2D eigenvalue weighted by molar-refractivity contribution is 7.06. The van der Waals surface area contributed by atoms with E-state index >= 15 is 0 Å². The predicted molar refractivity (Wildman–Crippen MR) is 66.2 cm³/mol. The van der Waals surface area contributed by atoms with Gasteiger partial charge in [-0.1, -0.05) is 49.0 Å². The lowest BCUT2D eigenvalue weighted by Gasteiger charge is -2.25. The van der Waals surface area contributed by atoms with Gasteiger partial charge in [0.15, 0.2) is 0 Å². The molecule has 1 heterocycles. The number of hydrogen-bond donors (Lipinski definition) is 0. The van der Waals surface area contributed by atoms with Gasteiger partial charge in [-0.15, -0.1) is 0 Å². The monoisotopic (exact) mass is 213 g/mol. The molecule has 0 aliphatic rings. The molecule has 0 unspecified atom stereocenters. The van der Waals surface area contributed by atoms with E-state index in [4.69, 9.17) is 0 Å².